The van der Waals surface area contributed by atoms with Crippen molar-refractivity contribution < 1.29 is 22.7 Å². The molecule has 33 heavy (non-hydrogen) atoms. The Balaban J connectivity index is 1.61. The molecule has 3 atom stereocenters. The van der Waals surface area contributed by atoms with Crippen LogP contribution in [0.1, 0.15) is 40.5 Å². The number of amidine groups is 1. The third-order valence-corrected chi connectivity index (χ3v) is 7.53. The number of halogens is 3. The second kappa shape index (κ2) is 8.41. The number of hydrogen-bond acceptors (Lipinski definition) is 6. The summed E-state index contributed by atoms with van der Waals surface area (Å²) >= 11 is 0.865. The molecule has 9 heteroatoms. The monoisotopic (exact) mass is 473 g/mol. The van der Waals surface area contributed by atoms with Crippen LogP contribution in [0, 0.1) is 31.0 Å². The van der Waals surface area contributed by atoms with Gasteiger partial charge in [-0.1, -0.05) is 23.7 Å². The zero-order chi connectivity index (χ0) is 24.0. The maximum atomic E-state index is 14.9. The molecule has 0 saturated heterocycles. The zero-order valence-corrected chi connectivity index (χ0v) is 18.9. The van der Waals surface area contributed by atoms with Gasteiger partial charge in [-0.25, -0.2) is 18.2 Å². The van der Waals surface area contributed by atoms with E-state index in [1.807, 2.05) is 0 Å². The van der Waals surface area contributed by atoms with Gasteiger partial charge in [-0.15, -0.1) is 6.42 Å². The molecule has 0 spiro atoms. The third-order valence-electron chi connectivity index (χ3n) is 6.22. The SMILES string of the molecule is C#CCOc1cnc(C(=O)Cc2ccc(F)c([C@@]3(C)N=C(N)S[C@@]4(C(F)F)C[C@@H]34)c2)c(C)c1. The number of fused-ring (bicyclic) bond motifs is 1. The second-order valence-electron chi connectivity index (χ2n) is 8.46. The molecule has 1 aromatic carbocycles. The number of pyridine rings is 1. The minimum Gasteiger partial charge on any atom is -0.479 e. The molecule has 2 aliphatic rings. The van der Waals surface area contributed by atoms with Gasteiger partial charge in [-0.2, -0.15) is 0 Å². The van der Waals surface area contributed by atoms with E-state index in [0.717, 1.165) is 11.8 Å². The molecular weight excluding hydrogens is 451 g/mol. The van der Waals surface area contributed by atoms with Gasteiger partial charge in [0.1, 0.15) is 23.9 Å². The van der Waals surface area contributed by atoms with Gasteiger partial charge in [0.25, 0.3) is 6.43 Å². The fraction of sp³-hybridized carbons (Fsp3) is 0.375. The highest BCUT2D eigenvalue weighted by Gasteiger charge is 2.71. The lowest BCUT2D eigenvalue weighted by Crippen LogP contribution is -2.39. The number of nitrogens with two attached hydrogens (primary N) is 1. The normalized spacial score (nSPS) is 25.7. The first kappa shape index (κ1) is 23.2. The van der Waals surface area contributed by atoms with Crippen molar-refractivity contribution in [2.75, 3.05) is 6.61 Å². The highest BCUT2D eigenvalue weighted by Crippen LogP contribution is 2.68. The topological polar surface area (TPSA) is 77.6 Å². The average molecular weight is 474 g/mol. The number of rotatable bonds is 7. The van der Waals surface area contributed by atoms with Gasteiger partial charge < -0.3 is 10.5 Å². The third kappa shape index (κ3) is 4.08. The van der Waals surface area contributed by atoms with Crippen LogP contribution in [0.3, 0.4) is 0 Å². The summed E-state index contributed by atoms with van der Waals surface area (Å²) < 4.78 is 46.4. The van der Waals surface area contributed by atoms with Gasteiger partial charge in [0.2, 0.25) is 0 Å². The van der Waals surface area contributed by atoms with Gasteiger partial charge in [-0.3, -0.25) is 9.79 Å². The molecule has 1 aromatic heterocycles. The van der Waals surface area contributed by atoms with Crippen LogP contribution in [0.15, 0.2) is 35.5 Å². The zero-order valence-electron chi connectivity index (χ0n) is 18.1. The van der Waals surface area contributed by atoms with E-state index < -0.39 is 28.4 Å². The van der Waals surface area contributed by atoms with Gasteiger partial charge in [0.05, 0.1) is 16.5 Å². The van der Waals surface area contributed by atoms with E-state index >= 15 is 0 Å². The van der Waals surface area contributed by atoms with Crippen molar-refractivity contribution in [3.8, 4) is 18.1 Å². The van der Waals surface area contributed by atoms with Crippen molar-refractivity contribution in [2.24, 2.45) is 16.6 Å². The first-order valence-corrected chi connectivity index (χ1v) is 11.1. The molecule has 1 fully saturated rings. The van der Waals surface area contributed by atoms with Crippen molar-refractivity contribution in [3.05, 3.63) is 58.7 Å². The minimum atomic E-state index is -2.60. The summed E-state index contributed by atoms with van der Waals surface area (Å²) in [6, 6.07) is 5.93. The van der Waals surface area contributed by atoms with Crippen LogP contribution in [-0.4, -0.2) is 33.7 Å². The van der Waals surface area contributed by atoms with E-state index in [9.17, 15) is 18.0 Å². The van der Waals surface area contributed by atoms with E-state index in [2.05, 4.69) is 15.9 Å². The molecule has 0 unspecified atom stereocenters. The van der Waals surface area contributed by atoms with Crippen molar-refractivity contribution in [3.63, 3.8) is 0 Å². The Morgan fingerprint density at radius 2 is 2.18 bits per heavy atom. The molecule has 2 aromatic rings. The van der Waals surface area contributed by atoms with Crippen molar-refractivity contribution in [1.82, 2.24) is 4.98 Å². The predicted molar refractivity (Wildman–Crippen MR) is 121 cm³/mol. The number of ketones is 1. The number of benzene rings is 1. The number of carbonyl (C=O) groups is 1. The van der Waals surface area contributed by atoms with Gasteiger partial charge in [0.15, 0.2) is 11.0 Å². The van der Waals surface area contributed by atoms with Gasteiger partial charge in [-0.05, 0) is 49.6 Å². The smallest absolute Gasteiger partial charge is 0.253 e. The van der Waals surface area contributed by atoms with Crippen LogP contribution < -0.4 is 10.5 Å². The molecule has 2 heterocycles. The number of aryl methyl sites for hydroxylation is 1. The Morgan fingerprint density at radius 3 is 2.85 bits per heavy atom. The molecule has 1 aliphatic heterocycles. The molecule has 4 rings (SSSR count). The fourth-order valence-electron chi connectivity index (χ4n) is 4.49. The van der Waals surface area contributed by atoms with E-state index in [-0.39, 0.29) is 41.7 Å². The van der Waals surface area contributed by atoms with E-state index in [1.165, 1.54) is 24.4 Å². The number of aliphatic imine (C=N–C) groups is 1. The lowest BCUT2D eigenvalue weighted by atomic mass is 9.84. The maximum Gasteiger partial charge on any atom is 0.253 e. The highest BCUT2D eigenvalue weighted by molar-refractivity contribution is 8.15. The number of hydrogen-bond donors (Lipinski definition) is 1. The number of nitrogens with zero attached hydrogens (tertiary/aromatic N) is 2. The first-order valence-electron chi connectivity index (χ1n) is 10.3. The van der Waals surface area contributed by atoms with Crippen LogP contribution in [0.4, 0.5) is 13.2 Å². The summed E-state index contributed by atoms with van der Waals surface area (Å²) in [6.45, 7) is 3.44. The Labute approximate surface area is 194 Å². The molecule has 5 nitrogen and oxygen atoms in total. The average Bonchev–Trinajstić information content (AvgIpc) is 3.50. The maximum absolute atomic E-state index is 14.9. The molecular formula is C24H22F3N3O2S. The van der Waals surface area contributed by atoms with Crippen molar-refractivity contribution >= 4 is 22.7 Å². The molecule has 0 radical (unpaired) electrons. The van der Waals surface area contributed by atoms with Crippen LogP contribution in [0.5, 0.6) is 5.75 Å². The van der Waals surface area contributed by atoms with Gasteiger partial charge >= 0.3 is 0 Å². The Bertz CT molecular complexity index is 1200. The Kier molecular flexibility index (Phi) is 5.91. The Hall–Kier alpha value is -2.99. The quantitative estimate of drug-likeness (QED) is 0.480. The molecule has 0 bridgehead atoms. The second-order valence-corrected chi connectivity index (χ2v) is 9.84. The summed E-state index contributed by atoms with van der Waals surface area (Å²) in [5.41, 5.74) is 6.19. The van der Waals surface area contributed by atoms with Crippen LogP contribution >= 0.6 is 11.8 Å². The van der Waals surface area contributed by atoms with E-state index in [4.69, 9.17) is 16.9 Å². The lowest BCUT2D eigenvalue weighted by Gasteiger charge is -2.34. The number of thioether (sulfide) groups is 1. The predicted octanol–water partition coefficient (Wildman–Crippen LogP) is 4.27. The molecule has 1 saturated carbocycles. The molecule has 1 aliphatic carbocycles. The number of alkyl halides is 2. The summed E-state index contributed by atoms with van der Waals surface area (Å²) in [7, 11) is 0. The van der Waals surface area contributed by atoms with E-state index in [1.54, 1.807) is 19.9 Å². The minimum absolute atomic E-state index is 0.0133. The van der Waals surface area contributed by atoms with Crippen LogP contribution in [-0.2, 0) is 12.0 Å². The number of terminal acetylenes is 1. The summed E-state index contributed by atoms with van der Waals surface area (Å²) in [5.74, 6) is 1.42. The van der Waals surface area contributed by atoms with Crippen molar-refractivity contribution in [2.45, 2.75) is 43.4 Å². The fourth-order valence-corrected chi connectivity index (χ4v) is 5.83. The number of carbonyl (C=O) groups excluding carboxylic acids is 1. The standard InChI is InChI=1S/C24H22F3N3O2S/c1-4-7-32-15-8-13(2)20(29-12-15)18(31)10-14-5-6-17(25)16(9-14)23(3)19-11-24(19,21(26)27)33-22(28)30-23/h1,5-6,8-9,12,19,21H,7,10-11H2,2-3H3,(H2,28,30)/t19-,23+,24-/m0/s1. The molecule has 2 N–H and O–H groups in total. The number of ether oxygens (including phenoxy) is 1. The Morgan fingerprint density at radius 1 is 1.42 bits per heavy atom. The highest BCUT2D eigenvalue weighted by atomic mass is 32.2. The van der Waals surface area contributed by atoms with Crippen LogP contribution in [0.2, 0.25) is 0 Å². The van der Waals surface area contributed by atoms with Gasteiger partial charge in [0, 0.05) is 17.9 Å². The largest absolute Gasteiger partial charge is 0.479 e. The first-order chi connectivity index (χ1) is 15.6. The number of aromatic nitrogens is 1. The molecule has 0 amide bonds. The van der Waals surface area contributed by atoms with E-state index in [0.29, 0.717) is 16.9 Å². The van der Waals surface area contributed by atoms with Crippen molar-refractivity contribution in [1.29, 1.82) is 0 Å². The lowest BCUT2D eigenvalue weighted by molar-refractivity contribution is 0.0987. The molecule has 172 valence electrons. The summed E-state index contributed by atoms with van der Waals surface area (Å²) in [4.78, 5) is 21.5. The van der Waals surface area contributed by atoms with Crippen LogP contribution in [0.25, 0.3) is 0 Å². The number of Topliss-reactive ketones (excluding diaryl/α,β-unsaturated/α-hetero) is 1. The summed E-state index contributed by atoms with van der Waals surface area (Å²) in [5, 5.41) is 0.0133. The summed E-state index contributed by atoms with van der Waals surface area (Å²) in [6.07, 6.45) is 4.14.